The lowest BCUT2D eigenvalue weighted by Gasteiger charge is -2.14. The van der Waals surface area contributed by atoms with Crippen LogP contribution in [0.1, 0.15) is 24.2 Å². The molecular weight excluding hydrogens is 446 g/mol. The number of fused-ring (bicyclic) bond motifs is 5. The summed E-state index contributed by atoms with van der Waals surface area (Å²) >= 11 is 0. The maximum atomic E-state index is 13.9. The lowest BCUT2D eigenvalue weighted by Crippen LogP contribution is -2.29. The van der Waals surface area contributed by atoms with Gasteiger partial charge >= 0.3 is 0 Å². The van der Waals surface area contributed by atoms with Crippen molar-refractivity contribution in [3.8, 4) is 11.5 Å². The van der Waals surface area contributed by atoms with Gasteiger partial charge in [0.05, 0.1) is 30.2 Å². The monoisotopic (exact) mass is 469 g/mol. The molecule has 0 spiro atoms. The topological polar surface area (TPSA) is 93.3 Å². The van der Waals surface area contributed by atoms with E-state index in [9.17, 15) is 4.79 Å². The Bertz CT molecular complexity index is 1680. The molecule has 2 aromatic carbocycles. The molecule has 0 saturated carbocycles. The van der Waals surface area contributed by atoms with E-state index >= 15 is 0 Å². The third kappa shape index (κ3) is 3.26. The minimum absolute atomic E-state index is 0.0274. The summed E-state index contributed by atoms with van der Waals surface area (Å²) in [6.45, 7) is 3.78. The number of nitrogens with zero attached hydrogens (tertiary/aromatic N) is 5. The van der Waals surface area contributed by atoms with E-state index in [1.54, 1.807) is 4.57 Å². The van der Waals surface area contributed by atoms with Gasteiger partial charge < -0.3 is 18.8 Å². The highest BCUT2D eigenvalue weighted by molar-refractivity contribution is 6.04. The number of hydrogen-bond donors (Lipinski definition) is 0. The minimum Gasteiger partial charge on any atom is -0.454 e. The largest absolute Gasteiger partial charge is 0.454 e. The number of aryl methyl sites for hydroxylation is 1. The van der Waals surface area contributed by atoms with Gasteiger partial charge in [0.25, 0.3) is 5.56 Å². The molecule has 2 aliphatic heterocycles. The van der Waals surface area contributed by atoms with Crippen LogP contribution in [0.2, 0.25) is 0 Å². The second kappa shape index (κ2) is 7.78. The summed E-state index contributed by atoms with van der Waals surface area (Å²) in [5, 5.41) is 0.489. The van der Waals surface area contributed by atoms with Crippen molar-refractivity contribution in [2.75, 3.05) is 13.4 Å². The van der Waals surface area contributed by atoms with Crippen LogP contribution >= 0.6 is 0 Å². The molecule has 176 valence electrons. The van der Waals surface area contributed by atoms with E-state index in [1.165, 1.54) is 0 Å². The van der Waals surface area contributed by atoms with Crippen molar-refractivity contribution in [3.63, 3.8) is 0 Å². The van der Waals surface area contributed by atoms with E-state index < -0.39 is 0 Å². The molecule has 0 bridgehead atoms. The van der Waals surface area contributed by atoms with Gasteiger partial charge in [0.1, 0.15) is 16.7 Å². The zero-order valence-electron chi connectivity index (χ0n) is 19.2. The average Bonchev–Trinajstić information content (AvgIpc) is 3.61. The molecule has 0 amide bonds. The number of rotatable bonds is 4. The first-order chi connectivity index (χ1) is 17.2. The van der Waals surface area contributed by atoms with Crippen molar-refractivity contribution >= 4 is 33.2 Å². The van der Waals surface area contributed by atoms with Crippen LogP contribution < -0.4 is 15.0 Å². The predicted octanol–water partition coefficient (Wildman–Crippen LogP) is 3.56. The highest BCUT2D eigenvalue weighted by Crippen LogP contribution is 2.34. The van der Waals surface area contributed by atoms with Gasteiger partial charge in [-0.1, -0.05) is 18.2 Å². The van der Waals surface area contributed by atoms with Crippen molar-refractivity contribution in [2.24, 2.45) is 0 Å². The van der Waals surface area contributed by atoms with Gasteiger partial charge in [-0.05, 0) is 49.6 Å². The van der Waals surface area contributed by atoms with Gasteiger partial charge in [-0.15, -0.1) is 0 Å². The summed E-state index contributed by atoms with van der Waals surface area (Å²) < 4.78 is 20.5. The zero-order valence-corrected chi connectivity index (χ0v) is 19.2. The summed E-state index contributed by atoms with van der Waals surface area (Å²) in [5.41, 5.74) is 4.18. The second-order valence-corrected chi connectivity index (χ2v) is 9.07. The molecule has 9 heteroatoms. The number of benzene rings is 2. The SMILES string of the molecule is Cc1nc2c(c(=O)n1C[C@H]1CCCO1)c1nc3ccccc3nc1n2Cc1ccc2c(c1)OCO2. The first-order valence-electron chi connectivity index (χ1n) is 11.8. The molecule has 1 saturated heterocycles. The summed E-state index contributed by atoms with van der Waals surface area (Å²) in [4.78, 5) is 28.6. The Kier molecular flexibility index (Phi) is 4.53. The van der Waals surface area contributed by atoms with Crippen molar-refractivity contribution in [1.82, 2.24) is 24.1 Å². The first-order valence-corrected chi connectivity index (χ1v) is 11.8. The fourth-order valence-electron chi connectivity index (χ4n) is 5.08. The Morgan fingerprint density at radius 2 is 1.80 bits per heavy atom. The second-order valence-electron chi connectivity index (χ2n) is 9.07. The molecule has 3 aromatic heterocycles. The molecule has 0 aliphatic carbocycles. The molecule has 0 unspecified atom stereocenters. The Morgan fingerprint density at radius 1 is 0.971 bits per heavy atom. The summed E-state index contributed by atoms with van der Waals surface area (Å²) in [6.07, 6.45) is 1.99. The van der Waals surface area contributed by atoms with Crippen molar-refractivity contribution in [1.29, 1.82) is 0 Å². The van der Waals surface area contributed by atoms with Gasteiger partial charge in [-0.25, -0.2) is 15.0 Å². The number of hydrogen-bond acceptors (Lipinski definition) is 7. The van der Waals surface area contributed by atoms with Gasteiger partial charge in [0, 0.05) is 6.61 Å². The molecule has 7 rings (SSSR count). The van der Waals surface area contributed by atoms with E-state index in [2.05, 4.69) is 0 Å². The predicted molar refractivity (Wildman–Crippen MR) is 130 cm³/mol. The molecule has 5 heterocycles. The van der Waals surface area contributed by atoms with E-state index in [-0.39, 0.29) is 18.5 Å². The van der Waals surface area contributed by atoms with Crippen molar-refractivity contribution in [2.45, 2.75) is 39.0 Å². The van der Waals surface area contributed by atoms with E-state index in [0.717, 1.165) is 41.8 Å². The Balaban J connectivity index is 1.47. The Labute approximate surface area is 199 Å². The molecular formula is C26H23N5O4. The quantitative estimate of drug-likeness (QED) is 0.397. The Hall–Kier alpha value is -3.98. The lowest BCUT2D eigenvalue weighted by molar-refractivity contribution is 0.0955. The van der Waals surface area contributed by atoms with Gasteiger partial charge in [-0.3, -0.25) is 9.36 Å². The lowest BCUT2D eigenvalue weighted by atomic mass is 10.2. The van der Waals surface area contributed by atoms with Crippen LogP contribution in [0.4, 0.5) is 0 Å². The molecule has 0 radical (unpaired) electrons. The van der Waals surface area contributed by atoms with E-state index in [1.807, 2.05) is 54.0 Å². The summed E-state index contributed by atoms with van der Waals surface area (Å²) in [6, 6.07) is 13.6. The van der Waals surface area contributed by atoms with E-state index in [0.29, 0.717) is 46.9 Å². The third-order valence-electron chi connectivity index (χ3n) is 6.83. The molecule has 0 N–H and O–H groups in total. The number of para-hydroxylation sites is 2. The minimum atomic E-state index is -0.109. The van der Waals surface area contributed by atoms with Crippen LogP contribution in [-0.4, -0.2) is 43.6 Å². The van der Waals surface area contributed by atoms with Crippen LogP contribution in [0.3, 0.4) is 0 Å². The van der Waals surface area contributed by atoms with Gasteiger partial charge in [0.2, 0.25) is 6.79 Å². The van der Waals surface area contributed by atoms with Crippen molar-refractivity contribution < 1.29 is 14.2 Å². The summed E-state index contributed by atoms with van der Waals surface area (Å²) in [5.74, 6) is 2.09. The normalized spacial score (nSPS) is 17.2. The number of ether oxygens (including phenoxy) is 3. The molecule has 2 aliphatic rings. The van der Waals surface area contributed by atoms with Crippen LogP contribution in [-0.2, 0) is 17.8 Å². The van der Waals surface area contributed by atoms with Crippen LogP contribution in [0.25, 0.3) is 33.2 Å². The highest BCUT2D eigenvalue weighted by Gasteiger charge is 2.24. The fraction of sp³-hybridized carbons (Fsp3) is 0.308. The Morgan fingerprint density at radius 3 is 2.63 bits per heavy atom. The maximum absolute atomic E-state index is 13.9. The van der Waals surface area contributed by atoms with Crippen LogP contribution in [0.5, 0.6) is 11.5 Å². The molecule has 35 heavy (non-hydrogen) atoms. The van der Waals surface area contributed by atoms with E-state index in [4.69, 9.17) is 29.2 Å². The van der Waals surface area contributed by atoms with Gasteiger partial charge in [0.15, 0.2) is 22.8 Å². The molecule has 5 aromatic rings. The van der Waals surface area contributed by atoms with Crippen LogP contribution in [0.15, 0.2) is 47.3 Å². The third-order valence-corrected chi connectivity index (χ3v) is 6.83. The first kappa shape index (κ1) is 20.4. The molecule has 9 nitrogen and oxygen atoms in total. The fourth-order valence-corrected chi connectivity index (χ4v) is 5.08. The standard InChI is InChI=1S/C26H23N5O4/c1-15-27-24-22(26(32)30(15)13-17-5-4-10-33-17)23-25(29-19-7-3-2-6-18(19)28-23)31(24)12-16-8-9-20-21(11-16)35-14-34-20/h2-3,6-9,11,17H,4-5,10,12-14H2,1H3/t17-/m1/s1. The smallest absolute Gasteiger partial charge is 0.265 e. The highest BCUT2D eigenvalue weighted by atomic mass is 16.7. The maximum Gasteiger partial charge on any atom is 0.265 e. The zero-order chi connectivity index (χ0) is 23.5. The van der Waals surface area contributed by atoms with Gasteiger partial charge in [-0.2, -0.15) is 0 Å². The molecule has 1 fully saturated rings. The van der Waals surface area contributed by atoms with Crippen LogP contribution in [0, 0.1) is 6.92 Å². The molecule has 1 atom stereocenters. The summed E-state index contributed by atoms with van der Waals surface area (Å²) in [7, 11) is 0. The number of aromatic nitrogens is 5. The van der Waals surface area contributed by atoms with Crippen molar-refractivity contribution in [3.05, 3.63) is 64.2 Å². The average molecular weight is 470 g/mol.